The van der Waals surface area contributed by atoms with Crippen molar-refractivity contribution >= 4 is 23.2 Å². The van der Waals surface area contributed by atoms with Crippen molar-refractivity contribution in [1.29, 1.82) is 0 Å². The average Bonchev–Trinajstić information content (AvgIpc) is 3.29. The highest BCUT2D eigenvalue weighted by atomic mass is 32.1. The molecule has 0 spiro atoms. The van der Waals surface area contributed by atoms with Crippen LogP contribution in [0.3, 0.4) is 0 Å². The van der Waals surface area contributed by atoms with Gasteiger partial charge in [0.25, 0.3) is 5.91 Å². The lowest BCUT2D eigenvalue weighted by Gasteiger charge is -2.20. The minimum atomic E-state index is -0.893. The van der Waals surface area contributed by atoms with Gasteiger partial charge in [-0.1, -0.05) is 0 Å². The van der Waals surface area contributed by atoms with Gasteiger partial charge in [0, 0.05) is 24.0 Å². The lowest BCUT2D eigenvalue weighted by Crippen LogP contribution is -2.34. The molecule has 3 rings (SSSR count). The molecule has 1 atom stereocenters. The number of benzene rings is 1. The van der Waals surface area contributed by atoms with E-state index in [9.17, 15) is 14.7 Å². The lowest BCUT2D eigenvalue weighted by atomic mass is 9.90. The number of likely N-dealkylation sites (tertiary alicyclic amines) is 1. The van der Waals surface area contributed by atoms with E-state index < -0.39 is 11.4 Å². The number of methoxy groups -OCH3 is 1. The molecule has 26 heavy (non-hydrogen) atoms. The van der Waals surface area contributed by atoms with Crippen LogP contribution < -0.4 is 9.47 Å². The first-order chi connectivity index (χ1) is 12.4. The van der Waals surface area contributed by atoms with Crippen molar-refractivity contribution in [2.24, 2.45) is 5.41 Å². The summed E-state index contributed by atoms with van der Waals surface area (Å²) in [5, 5.41) is 11.2. The predicted molar refractivity (Wildman–Crippen MR) is 95.7 cm³/mol. The SMILES string of the molecule is COc1cc(C(=O)N2CC[C@@](C)(C(=O)O)C2)ccc1OCc1cscn1. The van der Waals surface area contributed by atoms with Crippen LogP contribution in [-0.4, -0.2) is 47.1 Å². The Morgan fingerprint density at radius 2 is 2.19 bits per heavy atom. The van der Waals surface area contributed by atoms with Crippen molar-refractivity contribution in [3.8, 4) is 11.5 Å². The zero-order valence-electron chi connectivity index (χ0n) is 14.6. The summed E-state index contributed by atoms with van der Waals surface area (Å²) in [7, 11) is 1.51. The van der Waals surface area contributed by atoms with Crippen LogP contribution in [0, 0.1) is 5.41 Å². The summed E-state index contributed by atoms with van der Waals surface area (Å²) in [4.78, 5) is 29.8. The summed E-state index contributed by atoms with van der Waals surface area (Å²) in [6.45, 7) is 2.60. The highest BCUT2D eigenvalue weighted by Gasteiger charge is 2.42. The molecule has 8 heteroatoms. The fourth-order valence-electron chi connectivity index (χ4n) is 2.87. The molecule has 2 heterocycles. The van der Waals surface area contributed by atoms with E-state index in [1.54, 1.807) is 35.5 Å². The van der Waals surface area contributed by atoms with Crippen LogP contribution in [0.4, 0.5) is 0 Å². The first-order valence-electron chi connectivity index (χ1n) is 8.13. The molecule has 0 saturated carbocycles. The van der Waals surface area contributed by atoms with Gasteiger partial charge in [0.15, 0.2) is 11.5 Å². The molecule has 0 unspecified atom stereocenters. The molecule has 1 N–H and O–H groups in total. The van der Waals surface area contributed by atoms with Crippen molar-refractivity contribution in [1.82, 2.24) is 9.88 Å². The summed E-state index contributed by atoms with van der Waals surface area (Å²) in [5.74, 6) is -0.115. The van der Waals surface area contributed by atoms with Gasteiger partial charge >= 0.3 is 5.97 Å². The standard InChI is InChI=1S/C18H20N2O5S/c1-18(17(22)23)5-6-20(10-18)16(21)12-3-4-14(15(7-12)24-2)25-8-13-9-26-11-19-13/h3-4,7,9,11H,5-6,8,10H2,1-2H3,(H,22,23)/t18-/m1/s1. The van der Waals surface area contributed by atoms with Gasteiger partial charge in [-0.25, -0.2) is 4.98 Å². The number of carboxylic acid groups (broad SMARTS) is 1. The summed E-state index contributed by atoms with van der Waals surface area (Å²) in [6, 6.07) is 4.97. The van der Waals surface area contributed by atoms with Gasteiger partial charge in [0.2, 0.25) is 0 Å². The summed E-state index contributed by atoms with van der Waals surface area (Å²) < 4.78 is 11.1. The molecule has 7 nitrogen and oxygen atoms in total. The second-order valence-corrected chi connectivity index (χ2v) is 7.20. The van der Waals surface area contributed by atoms with Crippen LogP contribution >= 0.6 is 11.3 Å². The minimum Gasteiger partial charge on any atom is -0.493 e. The minimum absolute atomic E-state index is 0.200. The van der Waals surface area contributed by atoms with E-state index in [2.05, 4.69) is 4.98 Å². The topological polar surface area (TPSA) is 89.0 Å². The van der Waals surface area contributed by atoms with Gasteiger partial charge in [-0.15, -0.1) is 11.3 Å². The Labute approximate surface area is 155 Å². The summed E-state index contributed by atoms with van der Waals surface area (Å²) in [6.07, 6.45) is 0.444. The molecule has 1 aromatic heterocycles. The van der Waals surface area contributed by atoms with Crippen LogP contribution in [0.25, 0.3) is 0 Å². The summed E-state index contributed by atoms with van der Waals surface area (Å²) >= 11 is 1.49. The number of thiazole rings is 1. The normalized spacial score (nSPS) is 19.4. The van der Waals surface area contributed by atoms with E-state index in [4.69, 9.17) is 9.47 Å². The third-order valence-corrected chi connectivity index (χ3v) is 5.18. The lowest BCUT2D eigenvalue weighted by molar-refractivity contribution is -0.147. The Kier molecular flexibility index (Phi) is 5.13. The van der Waals surface area contributed by atoms with Crippen LogP contribution in [-0.2, 0) is 11.4 Å². The Balaban J connectivity index is 1.72. The molecule has 0 radical (unpaired) electrons. The molecule has 1 fully saturated rings. The number of ether oxygens (including phenoxy) is 2. The number of aromatic nitrogens is 1. The summed E-state index contributed by atoms with van der Waals surface area (Å²) in [5.41, 5.74) is 2.11. The van der Waals surface area contributed by atoms with E-state index in [0.29, 0.717) is 36.6 Å². The van der Waals surface area contributed by atoms with E-state index >= 15 is 0 Å². The van der Waals surface area contributed by atoms with Gasteiger partial charge in [-0.05, 0) is 31.5 Å². The number of rotatable bonds is 6. The van der Waals surface area contributed by atoms with Crippen LogP contribution in [0.2, 0.25) is 0 Å². The molecule has 0 aliphatic carbocycles. The highest BCUT2D eigenvalue weighted by molar-refractivity contribution is 7.07. The van der Waals surface area contributed by atoms with E-state index in [1.807, 2.05) is 5.38 Å². The third-order valence-electron chi connectivity index (χ3n) is 4.55. The monoisotopic (exact) mass is 376 g/mol. The second-order valence-electron chi connectivity index (χ2n) is 6.48. The Morgan fingerprint density at radius 3 is 2.81 bits per heavy atom. The maximum Gasteiger partial charge on any atom is 0.311 e. The first kappa shape index (κ1) is 18.2. The fraction of sp³-hybridized carbons (Fsp3) is 0.389. The Morgan fingerprint density at radius 1 is 1.38 bits per heavy atom. The average molecular weight is 376 g/mol. The van der Waals surface area contributed by atoms with Crippen LogP contribution in [0.15, 0.2) is 29.1 Å². The van der Waals surface area contributed by atoms with E-state index in [-0.39, 0.29) is 12.5 Å². The molecule has 2 aromatic rings. The van der Waals surface area contributed by atoms with E-state index in [1.165, 1.54) is 18.4 Å². The number of hydrogen-bond acceptors (Lipinski definition) is 6. The highest BCUT2D eigenvalue weighted by Crippen LogP contribution is 2.33. The number of nitrogens with zero attached hydrogens (tertiary/aromatic N) is 2. The predicted octanol–water partition coefficient (Wildman–Crippen LogP) is 2.67. The van der Waals surface area contributed by atoms with Gasteiger partial charge in [0.1, 0.15) is 6.61 Å². The number of aliphatic carboxylic acids is 1. The van der Waals surface area contributed by atoms with Gasteiger partial charge in [-0.2, -0.15) is 0 Å². The van der Waals surface area contributed by atoms with Crippen molar-refractivity contribution in [3.05, 3.63) is 40.3 Å². The number of hydrogen-bond donors (Lipinski definition) is 1. The van der Waals surface area contributed by atoms with Crippen molar-refractivity contribution < 1.29 is 24.2 Å². The van der Waals surface area contributed by atoms with E-state index in [0.717, 1.165) is 5.69 Å². The zero-order chi connectivity index (χ0) is 18.7. The van der Waals surface area contributed by atoms with Crippen LogP contribution in [0.1, 0.15) is 29.4 Å². The maximum absolute atomic E-state index is 12.7. The van der Waals surface area contributed by atoms with Crippen molar-refractivity contribution in [3.63, 3.8) is 0 Å². The molecule has 138 valence electrons. The smallest absolute Gasteiger partial charge is 0.311 e. The quantitative estimate of drug-likeness (QED) is 0.834. The second kappa shape index (κ2) is 7.33. The largest absolute Gasteiger partial charge is 0.493 e. The van der Waals surface area contributed by atoms with Gasteiger partial charge in [-0.3, -0.25) is 9.59 Å². The molecule has 0 bridgehead atoms. The molecular weight excluding hydrogens is 356 g/mol. The van der Waals surface area contributed by atoms with Crippen LogP contribution in [0.5, 0.6) is 11.5 Å². The molecule has 1 aliphatic rings. The maximum atomic E-state index is 12.7. The Bertz CT molecular complexity index is 808. The molecule has 1 amide bonds. The Hall–Kier alpha value is -2.61. The number of amides is 1. The van der Waals surface area contributed by atoms with Crippen molar-refractivity contribution in [2.75, 3.05) is 20.2 Å². The number of carbonyl (C=O) groups excluding carboxylic acids is 1. The third kappa shape index (κ3) is 3.65. The fourth-order valence-corrected chi connectivity index (χ4v) is 3.42. The van der Waals surface area contributed by atoms with Gasteiger partial charge < -0.3 is 19.5 Å². The molecule has 1 saturated heterocycles. The number of carboxylic acids is 1. The molecule has 1 aromatic carbocycles. The van der Waals surface area contributed by atoms with Crippen molar-refractivity contribution in [2.45, 2.75) is 20.0 Å². The zero-order valence-corrected chi connectivity index (χ0v) is 15.4. The molecule has 1 aliphatic heterocycles. The van der Waals surface area contributed by atoms with Gasteiger partial charge in [0.05, 0.1) is 23.7 Å². The number of carbonyl (C=O) groups is 2. The molecular formula is C18H20N2O5S. The first-order valence-corrected chi connectivity index (χ1v) is 9.08.